The Morgan fingerprint density at radius 3 is 2.18 bits per heavy atom. The third-order valence-corrected chi connectivity index (χ3v) is 10.8. The van der Waals surface area contributed by atoms with E-state index in [9.17, 15) is 14.7 Å². The van der Waals surface area contributed by atoms with Gasteiger partial charge in [-0.05, 0) is 75.8 Å². The highest BCUT2D eigenvalue weighted by Gasteiger charge is 2.79. The highest BCUT2D eigenvalue weighted by molar-refractivity contribution is 6.05. The molecule has 2 bridgehead atoms. The number of fused-ring (bicyclic) bond motifs is 1. The van der Waals surface area contributed by atoms with E-state index in [4.69, 9.17) is 4.74 Å². The maximum Gasteiger partial charge on any atom is 0.253 e. The minimum absolute atomic E-state index is 0.150. The van der Waals surface area contributed by atoms with Crippen LogP contribution >= 0.6 is 0 Å². The molecule has 3 aliphatic rings. The average molecular weight is 671 g/mol. The monoisotopic (exact) mass is 670 g/mol. The van der Waals surface area contributed by atoms with Gasteiger partial charge >= 0.3 is 0 Å². The van der Waals surface area contributed by atoms with Crippen LogP contribution in [0.2, 0.25) is 0 Å². The summed E-state index contributed by atoms with van der Waals surface area (Å²) >= 11 is 0. The minimum atomic E-state index is -1.22. The second-order valence-electron chi connectivity index (χ2n) is 14.4. The van der Waals surface area contributed by atoms with Crippen molar-refractivity contribution in [3.8, 4) is 0 Å². The predicted octanol–water partition coefficient (Wildman–Crippen LogP) is 5.44. The minimum Gasteiger partial charge on any atom is -0.394 e. The van der Waals surface area contributed by atoms with Crippen molar-refractivity contribution in [1.29, 1.82) is 0 Å². The maximum atomic E-state index is 15.1. The van der Waals surface area contributed by atoms with Crippen LogP contribution in [0.3, 0.4) is 0 Å². The molecule has 2 aromatic rings. The van der Waals surface area contributed by atoms with Gasteiger partial charge in [-0.15, -0.1) is 13.2 Å². The van der Waals surface area contributed by atoms with Crippen LogP contribution in [-0.2, 0) is 25.7 Å². The maximum absolute atomic E-state index is 15.1. The summed E-state index contributed by atoms with van der Waals surface area (Å²) in [7, 11) is 0. The number of aliphatic hydroxyl groups excluding tert-OH is 1. The normalized spacial score (nSPS) is 26.1. The number of nitrogens with zero attached hydrogens (tertiary/aromatic N) is 4. The molecule has 2 unspecified atom stereocenters. The van der Waals surface area contributed by atoms with Gasteiger partial charge in [0.1, 0.15) is 11.6 Å². The van der Waals surface area contributed by atoms with E-state index in [1.54, 1.807) is 26.9 Å². The predicted molar refractivity (Wildman–Crippen MR) is 194 cm³/mol. The Labute approximate surface area is 292 Å². The quantitative estimate of drug-likeness (QED) is 0.239. The summed E-state index contributed by atoms with van der Waals surface area (Å²) in [6.45, 7) is 20.4. The van der Waals surface area contributed by atoms with Crippen molar-refractivity contribution in [1.82, 2.24) is 9.80 Å². The molecule has 1 N–H and O–H groups in total. The average Bonchev–Trinajstić information content (AvgIpc) is 3.67. The van der Waals surface area contributed by atoms with Crippen LogP contribution < -0.4 is 9.80 Å². The SMILES string of the molecule is C=CCN(Cc1ccccc1)C(=O)[C@H]1[C@H]2C(=O)N([C@@H](CO)CC(C)C)C(C(=O)N(CC=C)c3ccc(N(CC)CC)cc3)C23CC[C@]1(C)O3. The number of rotatable bonds is 16. The summed E-state index contributed by atoms with van der Waals surface area (Å²) in [6, 6.07) is 16.0. The third kappa shape index (κ3) is 6.55. The van der Waals surface area contributed by atoms with Crippen molar-refractivity contribution < 1.29 is 24.2 Å². The standard InChI is InChI=1S/C40H54N4O5/c1-8-23-42(26-29-15-13-12-14-16-29)36(46)33-34-37(47)44(32(27-45)25-28(5)6)35(40(34)22-21-39(33,7)49-40)38(48)43(24-9-2)31-19-17-30(18-20-31)41(10-3)11-4/h8-9,12-20,28,32-35,45H,1-2,10-11,21-27H2,3-7H3/t32-,33-,34+,35?,39+,40?/m1/s1. The first-order valence-electron chi connectivity index (χ1n) is 17.8. The van der Waals surface area contributed by atoms with Crippen LogP contribution in [0.25, 0.3) is 0 Å². The van der Waals surface area contributed by atoms with Crippen molar-refractivity contribution in [2.24, 2.45) is 17.8 Å². The zero-order valence-electron chi connectivity index (χ0n) is 29.9. The molecule has 9 heteroatoms. The van der Waals surface area contributed by atoms with Gasteiger partial charge < -0.3 is 29.4 Å². The van der Waals surface area contributed by atoms with Gasteiger partial charge in [0.15, 0.2) is 0 Å². The Morgan fingerprint density at radius 2 is 1.61 bits per heavy atom. The van der Waals surface area contributed by atoms with E-state index in [-0.39, 0.29) is 36.8 Å². The lowest BCUT2D eigenvalue weighted by molar-refractivity contribution is -0.152. The lowest BCUT2D eigenvalue weighted by Crippen LogP contribution is -2.59. The number of hydrogen-bond donors (Lipinski definition) is 1. The summed E-state index contributed by atoms with van der Waals surface area (Å²) in [5, 5.41) is 10.8. The summed E-state index contributed by atoms with van der Waals surface area (Å²) in [4.78, 5) is 51.9. The smallest absolute Gasteiger partial charge is 0.253 e. The second kappa shape index (κ2) is 14.9. The number of aliphatic hydroxyl groups is 1. The topological polar surface area (TPSA) is 93.6 Å². The zero-order chi connectivity index (χ0) is 35.5. The Bertz CT molecular complexity index is 1510. The van der Waals surface area contributed by atoms with Gasteiger partial charge in [-0.3, -0.25) is 14.4 Å². The van der Waals surface area contributed by atoms with E-state index in [0.29, 0.717) is 38.0 Å². The second-order valence-corrected chi connectivity index (χ2v) is 14.4. The summed E-state index contributed by atoms with van der Waals surface area (Å²) < 4.78 is 6.96. The molecular weight excluding hydrogens is 616 g/mol. The van der Waals surface area contributed by atoms with Gasteiger partial charge in [0.2, 0.25) is 11.8 Å². The first-order chi connectivity index (χ1) is 23.5. The zero-order valence-corrected chi connectivity index (χ0v) is 29.9. The van der Waals surface area contributed by atoms with Crippen LogP contribution in [0, 0.1) is 17.8 Å². The molecule has 2 aromatic carbocycles. The fourth-order valence-corrected chi connectivity index (χ4v) is 8.65. The number of carbonyl (C=O) groups excluding carboxylic acids is 3. The number of likely N-dealkylation sites (tertiary alicyclic amines) is 1. The van der Waals surface area contributed by atoms with E-state index in [2.05, 4.69) is 31.9 Å². The number of amides is 3. The summed E-state index contributed by atoms with van der Waals surface area (Å²) in [5.41, 5.74) is 0.558. The van der Waals surface area contributed by atoms with Gasteiger partial charge in [0, 0.05) is 44.1 Å². The highest BCUT2D eigenvalue weighted by atomic mass is 16.5. The number of carbonyl (C=O) groups is 3. The van der Waals surface area contributed by atoms with Crippen LogP contribution in [0.1, 0.15) is 59.4 Å². The van der Waals surface area contributed by atoms with Crippen molar-refractivity contribution in [2.45, 2.75) is 83.7 Å². The number of hydrogen-bond acceptors (Lipinski definition) is 6. The number of anilines is 2. The molecule has 5 rings (SSSR count). The fourth-order valence-electron chi connectivity index (χ4n) is 8.65. The van der Waals surface area contributed by atoms with Crippen molar-refractivity contribution >= 4 is 29.1 Å². The molecule has 9 nitrogen and oxygen atoms in total. The van der Waals surface area contributed by atoms with E-state index in [1.165, 1.54) is 0 Å². The Morgan fingerprint density at radius 1 is 0.980 bits per heavy atom. The largest absolute Gasteiger partial charge is 0.394 e. The van der Waals surface area contributed by atoms with Crippen LogP contribution in [-0.4, -0.2) is 88.7 Å². The molecule has 0 aromatic heterocycles. The molecule has 6 atom stereocenters. The first kappa shape index (κ1) is 36.3. The number of ether oxygens (including phenoxy) is 1. The first-order valence-corrected chi connectivity index (χ1v) is 17.8. The fraction of sp³-hybridized carbons (Fsp3) is 0.525. The van der Waals surface area contributed by atoms with E-state index in [0.717, 1.165) is 24.3 Å². The highest BCUT2D eigenvalue weighted by Crippen LogP contribution is 2.64. The lowest BCUT2D eigenvalue weighted by Gasteiger charge is -2.40. The van der Waals surface area contributed by atoms with Gasteiger partial charge in [-0.25, -0.2) is 0 Å². The molecule has 0 radical (unpaired) electrons. The van der Waals surface area contributed by atoms with Gasteiger partial charge in [-0.1, -0.05) is 56.3 Å². The van der Waals surface area contributed by atoms with E-state index >= 15 is 4.79 Å². The van der Waals surface area contributed by atoms with Crippen molar-refractivity contribution in [2.75, 3.05) is 42.6 Å². The Hall–Kier alpha value is -3.95. The third-order valence-electron chi connectivity index (χ3n) is 10.8. The van der Waals surface area contributed by atoms with Gasteiger partial charge in [0.05, 0.1) is 30.1 Å². The van der Waals surface area contributed by atoms with Crippen LogP contribution in [0.4, 0.5) is 11.4 Å². The van der Waals surface area contributed by atoms with Gasteiger partial charge in [-0.2, -0.15) is 0 Å². The van der Waals surface area contributed by atoms with Gasteiger partial charge in [0.25, 0.3) is 5.91 Å². The number of benzene rings is 2. The molecule has 264 valence electrons. The molecule has 0 aliphatic carbocycles. The molecule has 3 amide bonds. The molecule has 0 saturated carbocycles. The molecule has 3 fully saturated rings. The lowest BCUT2D eigenvalue weighted by atomic mass is 9.66. The molecule has 3 saturated heterocycles. The molecule has 1 spiro atoms. The molecule has 49 heavy (non-hydrogen) atoms. The summed E-state index contributed by atoms with van der Waals surface area (Å²) in [5.74, 6) is -2.29. The van der Waals surface area contributed by atoms with Crippen LogP contribution in [0.5, 0.6) is 0 Å². The van der Waals surface area contributed by atoms with E-state index < -0.39 is 35.1 Å². The Balaban J connectivity index is 1.58. The summed E-state index contributed by atoms with van der Waals surface area (Å²) in [6.07, 6.45) is 4.87. The van der Waals surface area contributed by atoms with Crippen molar-refractivity contribution in [3.63, 3.8) is 0 Å². The molecule has 3 aliphatic heterocycles. The Kier molecular flexibility index (Phi) is 11.0. The molecule has 3 heterocycles. The van der Waals surface area contributed by atoms with Crippen LogP contribution in [0.15, 0.2) is 79.9 Å². The van der Waals surface area contributed by atoms with Crippen molar-refractivity contribution in [3.05, 3.63) is 85.5 Å². The molecular formula is C40H54N4O5. The van der Waals surface area contributed by atoms with E-state index in [1.807, 2.05) is 75.4 Å².